The van der Waals surface area contributed by atoms with E-state index in [0.29, 0.717) is 6.04 Å². The fourth-order valence-corrected chi connectivity index (χ4v) is 1.90. The van der Waals surface area contributed by atoms with Gasteiger partial charge in [-0.1, -0.05) is 13.8 Å². The second-order valence-corrected chi connectivity index (χ2v) is 4.41. The second kappa shape index (κ2) is 6.06. The van der Waals surface area contributed by atoms with Gasteiger partial charge in [0.25, 0.3) is 0 Å². The highest BCUT2D eigenvalue weighted by molar-refractivity contribution is 4.85. The second-order valence-electron chi connectivity index (χ2n) is 4.41. The van der Waals surface area contributed by atoms with Gasteiger partial charge in [0.2, 0.25) is 0 Å². The van der Waals surface area contributed by atoms with Crippen LogP contribution in [0.4, 0.5) is 0 Å². The number of hydrogen-bond acceptors (Lipinski definition) is 2. The van der Waals surface area contributed by atoms with E-state index in [2.05, 4.69) is 30.0 Å². The van der Waals surface area contributed by atoms with Gasteiger partial charge in [-0.05, 0) is 18.9 Å². The lowest BCUT2D eigenvalue weighted by Gasteiger charge is -2.35. The van der Waals surface area contributed by atoms with E-state index >= 15 is 0 Å². The third-order valence-corrected chi connectivity index (χ3v) is 2.89. The number of nitrogens with zero attached hydrogens (tertiary/aromatic N) is 1. The number of hydrogen-bond donors (Lipinski definition) is 1. The maximum atomic E-state index is 5.24. The van der Waals surface area contributed by atoms with Gasteiger partial charge in [0.15, 0.2) is 0 Å². The number of rotatable bonds is 4. The molecule has 0 aromatic carbocycles. The van der Waals surface area contributed by atoms with Gasteiger partial charge in [0, 0.05) is 32.1 Å². The molecule has 0 radical (unpaired) electrons. The standard InChI is InChI=1S/C12H22N2/c1-4-5-6-8-14-9-7-13-12(10-14)11(2)3/h1,11-13H,5-10H2,2-3H3. The summed E-state index contributed by atoms with van der Waals surface area (Å²) in [6.45, 7) is 9.20. The van der Waals surface area contributed by atoms with Crippen molar-refractivity contribution in [3.05, 3.63) is 0 Å². The van der Waals surface area contributed by atoms with Crippen molar-refractivity contribution in [2.24, 2.45) is 5.92 Å². The lowest BCUT2D eigenvalue weighted by atomic mass is 10.0. The van der Waals surface area contributed by atoms with Gasteiger partial charge >= 0.3 is 0 Å². The minimum absolute atomic E-state index is 0.662. The van der Waals surface area contributed by atoms with Crippen LogP contribution in [0.2, 0.25) is 0 Å². The molecule has 14 heavy (non-hydrogen) atoms. The number of nitrogens with one attached hydrogen (secondary N) is 1. The number of piperazine rings is 1. The Balaban J connectivity index is 2.23. The summed E-state index contributed by atoms with van der Waals surface area (Å²) in [6.07, 6.45) is 7.29. The summed E-state index contributed by atoms with van der Waals surface area (Å²) >= 11 is 0. The molecular weight excluding hydrogens is 172 g/mol. The third kappa shape index (κ3) is 3.69. The Morgan fingerprint density at radius 1 is 1.57 bits per heavy atom. The summed E-state index contributed by atoms with van der Waals surface area (Å²) in [6, 6.07) is 0.662. The molecule has 2 nitrogen and oxygen atoms in total. The van der Waals surface area contributed by atoms with Crippen LogP contribution in [0, 0.1) is 18.3 Å². The number of terminal acetylenes is 1. The molecule has 0 saturated carbocycles. The van der Waals surface area contributed by atoms with Crippen molar-refractivity contribution in [3.8, 4) is 12.3 Å². The molecule has 0 bridgehead atoms. The maximum absolute atomic E-state index is 5.24. The smallest absolute Gasteiger partial charge is 0.0218 e. The first-order valence-corrected chi connectivity index (χ1v) is 5.63. The topological polar surface area (TPSA) is 15.3 Å². The molecule has 0 aromatic rings. The van der Waals surface area contributed by atoms with E-state index in [4.69, 9.17) is 6.42 Å². The highest BCUT2D eigenvalue weighted by Gasteiger charge is 2.20. The van der Waals surface area contributed by atoms with E-state index in [1.807, 2.05) is 0 Å². The molecule has 1 aliphatic rings. The molecule has 1 fully saturated rings. The zero-order chi connectivity index (χ0) is 10.4. The molecule has 1 heterocycles. The molecule has 0 amide bonds. The van der Waals surface area contributed by atoms with Crippen LogP contribution in [0.5, 0.6) is 0 Å². The molecule has 2 heteroatoms. The van der Waals surface area contributed by atoms with Crippen LogP contribution in [0.1, 0.15) is 26.7 Å². The van der Waals surface area contributed by atoms with E-state index < -0.39 is 0 Å². The Morgan fingerprint density at radius 3 is 3.00 bits per heavy atom. The first-order valence-electron chi connectivity index (χ1n) is 5.63. The Bertz CT molecular complexity index is 193. The Hall–Kier alpha value is -0.520. The van der Waals surface area contributed by atoms with Crippen LogP contribution >= 0.6 is 0 Å². The molecule has 1 unspecified atom stereocenters. The average Bonchev–Trinajstić information content (AvgIpc) is 2.19. The van der Waals surface area contributed by atoms with E-state index in [1.54, 1.807) is 0 Å². The predicted molar refractivity (Wildman–Crippen MR) is 61.1 cm³/mol. The molecule has 0 spiro atoms. The summed E-state index contributed by atoms with van der Waals surface area (Å²) in [5, 5.41) is 3.56. The van der Waals surface area contributed by atoms with Crippen LogP contribution in [0.3, 0.4) is 0 Å². The zero-order valence-electron chi connectivity index (χ0n) is 9.42. The van der Waals surface area contributed by atoms with Crippen molar-refractivity contribution >= 4 is 0 Å². The number of unbranched alkanes of at least 4 members (excludes halogenated alkanes) is 1. The van der Waals surface area contributed by atoms with E-state index in [0.717, 1.165) is 31.8 Å². The largest absolute Gasteiger partial charge is 0.311 e. The fourth-order valence-electron chi connectivity index (χ4n) is 1.90. The van der Waals surface area contributed by atoms with Gasteiger partial charge in [0.1, 0.15) is 0 Å². The van der Waals surface area contributed by atoms with Crippen LogP contribution in [-0.2, 0) is 0 Å². The van der Waals surface area contributed by atoms with Crippen molar-refractivity contribution in [1.29, 1.82) is 0 Å². The van der Waals surface area contributed by atoms with Gasteiger partial charge in [-0.3, -0.25) is 0 Å². The van der Waals surface area contributed by atoms with Gasteiger partial charge in [-0.2, -0.15) is 0 Å². The summed E-state index contributed by atoms with van der Waals surface area (Å²) in [7, 11) is 0. The SMILES string of the molecule is C#CCCCN1CCNC(C(C)C)C1. The molecule has 1 saturated heterocycles. The van der Waals surface area contributed by atoms with Gasteiger partial charge < -0.3 is 10.2 Å². The maximum Gasteiger partial charge on any atom is 0.0218 e. The van der Waals surface area contributed by atoms with E-state index in [1.165, 1.54) is 13.1 Å². The molecule has 1 rings (SSSR count). The van der Waals surface area contributed by atoms with E-state index in [-0.39, 0.29) is 0 Å². The van der Waals surface area contributed by atoms with Crippen molar-refractivity contribution in [2.45, 2.75) is 32.7 Å². The van der Waals surface area contributed by atoms with Crippen molar-refractivity contribution in [1.82, 2.24) is 10.2 Å². The monoisotopic (exact) mass is 194 g/mol. The molecule has 0 aliphatic carbocycles. The summed E-state index contributed by atoms with van der Waals surface area (Å²) < 4.78 is 0. The molecule has 1 atom stereocenters. The molecule has 80 valence electrons. The fraction of sp³-hybridized carbons (Fsp3) is 0.833. The summed E-state index contributed by atoms with van der Waals surface area (Å²) in [5.74, 6) is 3.43. The first-order chi connectivity index (χ1) is 6.74. The lowest BCUT2D eigenvalue weighted by Crippen LogP contribution is -2.52. The quantitative estimate of drug-likeness (QED) is 0.536. The molecular formula is C12H22N2. The van der Waals surface area contributed by atoms with Gasteiger partial charge in [-0.15, -0.1) is 12.3 Å². The van der Waals surface area contributed by atoms with Gasteiger partial charge in [-0.25, -0.2) is 0 Å². The van der Waals surface area contributed by atoms with Crippen molar-refractivity contribution in [2.75, 3.05) is 26.2 Å². The minimum Gasteiger partial charge on any atom is -0.311 e. The van der Waals surface area contributed by atoms with Crippen LogP contribution in [-0.4, -0.2) is 37.1 Å². The molecule has 1 aliphatic heterocycles. The Morgan fingerprint density at radius 2 is 2.36 bits per heavy atom. The first kappa shape index (κ1) is 11.6. The highest BCUT2D eigenvalue weighted by Crippen LogP contribution is 2.08. The average molecular weight is 194 g/mol. The minimum atomic E-state index is 0.662. The van der Waals surface area contributed by atoms with E-state index in [9.17, 15) is 0 Å². The Labute approximate surface area is 88.1 Å². The molecule has 0 aromatic heterocycles. The Kier molecular flexibility index (Phi) is 5.00. The van der Waals surface area contributed by atoms with Crippen LogP contribution in [0.15, 0.2) is 0 Å². The third-order valence-electron chi connectivity index (χ3n) is 2.89. The van der Waals surface area contributed by atoms with Crippen LogP contribution < -0.4 is 5.32 Å². The highest BCUT2D eigenvalue weighted by atomic mass is 15.2. The predicted octanol–water partition coefficient (Wildman–Crippen LogP) is 1.33. The zero-order valence-corrected chi connectivity index (χ0v) is 9.42. The van der Waals surface area contributed by atoms with Crippen molar-refractivity contribution in [3.63, 3.8) is 0 Å². The van der Waals surface area contributed by atoms with Crippen molar-refractivity contribution < 1.29 is 0 Å². The van der Waals surface area contributed by atoms with Gasteiger partial charge in [0.05, 0.1) is 0 Å². The van der Waals surface area contributed by atoms with Crippen LogP contribution in [0.25, 0.3) is 0 Å². The summed E-state index contributed by atoms with van der Waals surface area (Å²) in [5.41, 5.74) is 0. The molecule has 1 N–H and O–H groups in total. The summed E-state index contributed by atoms with van der Waals surface area (Å²) in [4.78, 5) is 2.53. The lowest BCUT2D eigenvalue weighted by molar-refractivity contribution is 0.174. The normalized spacial score (nSPS) is 23.7.